The number of oxazole rings is 1. The highest BCUT2D eigenvalue weighted by atomic mass is 16.4. The van der Waals surface area contributed by atoms with Gasteiger partial charge in [0.25, 0.3) is 6.01 Å². The summed E-state index contributed by atoms with van der Waals surface area (Å²) in [4.78, 5) is 13.9. The van der Waals surface area contributed by atoms with Gasteiger partial charge < -0.3 is 14.2 Å². The third-order valence-corrected chi connectivity index (χ3v) is 5.77. The third-order valence-electron chi connectivity index (χ3n) is 5.77. The van der Waals surface area contributed by atoms with E-state index < -0.39 is 0 Å². The molecule has 7 nitrogen and oxygen atoms in total. The summed E-state index contributed by atoms with van der Waals surface area (Å²) in [6.07, 6.45) is 2.06. The summed E-state index contributed by atoms with van der Waals surface area (Å²) in [5, 5.41) is 12.2. The Morgan fingerprint density at radius 1 is 1.23 bits per heavy atom. The molecule has 1 aliphatic rings. The van der Waals surface area contributed by atoms with Crippen LogP contribution in [0.15, 0.2) is 51.9 Å². The van der Waals surface area contributed by atoms with Crippen LogP contribution < -0.4 is 10.2 Å². The highest BCUT2D eigenvalue weighted by Gasteiger charge is 2.33. The molecule has 31 heavy (non-hydrogen) atoms. The van der Waals surface area contributed by atoms with Crippen LogP contribution in [-0.2, 0) is 0 Å². The van der Waals surface area contributed by atoms with Crippen LogP contribution in [0.2, 0.25) is 0 Å². The van der Waals surface area contributed by atoms with Crippen LogP contribution in [-0.4, -0.2) is 41.5 Å². The van der Waals surface area contributed by atoms with Crippen LogP contribution in [0, 0.1) is 31.2 Å². The van der Waals surface area contributed by atoms with Crippen molar-refractivity contribution in [3.05, 3.63) is 53.6 Å². The van der Waals surface area contributed by atoms with Crippen molar-refractivity contribution in [3.63, 3.8) is 0 Å². The molecule has 1 N–H and O–H groups in total. The molecule has 0 amide bonds. The average Bonchev–Trinajstić information content (AvgIpc) is 3.17. The molecule has 3 aromatic rings. The first-order chi connectivity index (χ1) is 15.0. The SMILES string of the molecule is Cc1ccc2oc(N3CCN(C(=Nc4ccccc4C)NC#N)C(C(C)C)C3)nc2c1. The summed E-state index contributed by atoms with van der Waals surface area (Å²) in [6.45, 7) is 10.6. The monoisotopic (exact) mass is 416 g/mol. The number of aliphatic imine (C=N–C) groups is 1. The molecule has 0 spiro atoms. The molecular formula is C24H28N6O. The summed E-state index contributed by atoms with van der Waals surface area (Å²) < 4.78 is 6.04. The Bertz CT molecular complexity index is 1140. The number of para-hydroxylation sites is 1. The van der Waals surface area contributed by atoms with E-state index in [4.69, 9.17) is 14.4 Å². The summed E-state index contributed by atoms with van der Waals surface area (Å²) in [6, 6.07) is 14.8. The summed E-state index contributed by atoms with van der Waals surface area (Å²) in [5.41, 5.74) is 4.78. The van der Waals surface area contributed by atoms with Gasteiger partial charge in [0.05, 0.1) is 11.7 Å². The standard InChI is InChI=1S/C24H28N6O/c1-16(2)21-14-29(24-28-20-13-17(3)9-10-22(20)31-24)11-12-30(21)23(26-15-25)27-19-8-6-5-7-18(19)4/h5-10,13,16,21H,11-12,14H2,1-4H3,(H,26,27). The molecule has 1 fully saturated rings. The predicted molar refractivity (Wildman–Crippen MR) is 123 cm³/mol. The Kier molecular flexibility index (Phi) is 5.81. The van der Waals surface area contributed by atoms with Gasteiger partial charge in [-0.15, -0.1) is 0 Å². The number of guanidine groups is 1. The lowest BCUT2D eigenvalue weighted by atomic mass is 10.00. The number of rotatable bonds is 3. The van der Waals surface area contributed by atoms with Gasteiger partial charge in [-0.2, -0.15) is 10.2 Å². The number of aromatic nitrogens is 1. The van der Waals surface area contributed by atoms with Gasteiger partial charge >= 0.3 is 0 Å². The molecule has 1 atom stereocenters. The van der Waals surface area contributed by atoms with E-state index in [9.17, 15) is 5.26 Å². The highest BCUT2D eigenvalue weighted by molar-refractivity contribution is 5.85. The molecule has 0 aliphatic carbocycles. The van der Waals surface area contributed by atoms with Gasteiger partial charge in [-0.3, -0.25) is 5.32 Å². The molecule has 4 rings (SSSR count). The van der Waals surface area contributed by atoms with Gasteiger partial charge in [-0.25, -0.2) is 4.99 Å². The van der Waals surface area contributed by atoms with E-state index in [2.05, 4.69) is 42.1 Å². The Hall–Kier alpha value is -3.53. The van der Waals surface area contributed by atoms with E-state index in [-0.39, 0.29) is 6.04 Å². The quantitative estimate of drug-likeness (QED) is 0.296. The maximum Gasteiger partial charge on any atom is 0.298 e. The van der Waals surface area contributed by atoms with Crippen LogP contribution in [0.5, 0.6) is 0 Å². The molecule has 0 bridgehead atoms. The van der Waals surface area contributed by atoms with Crippen molar-refractivity contribution in [2.24, 2.45) is 10.9 Å². The van der Waals surface area contributed by atoms with Crippen molar-refractivity contribution in [1.82, 2.24) is 15.2 Å². The molecule has 2 heterocycles. The highest BCUT2D eigenvalue weighted by Crippen LogP contribution is 2.27. The molecular weight excluding hydrogens is 388 g/mol. The Labute approximate surface area is 183 Å². The zero-order chi connectivity index (χ0) is 22.0. The molecule has 160 valence electrons. The molecule has 0 saturated carbocycles. The van der Waals surface area contributed by atoms with E-state index in [1.165, 1.54) is 0 Å². The fourth-order valence-corrected chi connectivity index (χ4v) is 3.99. The molecule has 0 radical (unpaired) electrons. The van der Waals surface area contributed by atoms with Crippen molar-refractivity contribution in [3.8, 4) is 6.19 Å². The first-order valence-corrected chi connectivity index (χ1v) is 10.6. The Morgan fingerprint density at radius 3 is 2.77 bits per heavy atom. The van der Waals surface area contributed by atoms with E-state index in [0.29, 0.717) is 24.4 Å². The van der Waals surface area contributed by atoms with E-state index in [1.807, 2.05) is 49.4 Å². The smallest absolute Gasteiger partial charge is 0.298 e. The lowest BCUT2D eigenvalue weighted by Gasteiger charge is -2.43. The summed E-state index contributed by atoms with van der Waals surface area (Å²) in [7, 11) is 0. The minimum Gasteiger partial charge on any atom is -0.423 e. The first kappa shape index (κ1) is 20.7. The third kappa shape index (κ3) is 4.33. The zero-order valence-corrected chi connectivity index (χ0v) is 18.5. The lowest BCUT2D eigenvalue weighted by molar-refractivity contribution is 0.216. The van der Waals surface area contributed by atoms with E-state index >= 15 is 0 Å². The van der Waals surface area contributed by atoms with Gasteiger partial charge in [-0.1, -0.05) is 38.1 Å². The minimum atomic E-state index is 0.147. The molecule has 7 heteroatoms. The molecule has 1 aromatic heterocycles. The van der Waals surface area contributed by atoms with Crippen LogP contribution in [0.25, 0.3) is 11.1 Å². The number of piperazine rings is 1. The fourth-order valence-electron chi connectivity index (χ4n) is 3.99. The maximum absolute atomic E-state index is 9.37. The van der Waals surface area contributed by atoms with Crippen LogP contribution in [0.4, 0.5) is 11.7 Å². The normalized spacial score (nSPS) is 17.3. The fraction of sp³-hybridized carbons (Fsp3) is 0.375. The summed E-state index contributed by atoms with van der Waals surface area (Å²) >= 11 is 0. The molecule has 2 aromatic carbocycles. The number of nitrogens with one attached hydrogen (secondary N) is 1. The van der Waals surface area contributed by atoms with Crippen molar-refractivity contribution >= 4 is 28.8 Å². The van der Waals surface area contributed by atoms with Crippen molar-refractivity contribution < 1.29 is 4.42 Å². The second kappa shape index (κ2) is 8.68. The molecule has 1 aliphatic heterocycles. The van der Waals surface area contributed by atoms with Gasteiger partial charge in [0, 0.05) is 19.6 Å². The Morgan fingerprint density at radius 2 is 2.03 bits per heavy atom. The number of fused-ring (bicyclic) bond motifs is 1. The second-order valence-corrected chi connectivity index (χ2v) is 8.38. The van der Waals surface area contributed by atoms with Gasteiger partial charge in [0.2, 0.25) is 5.96 Å². The number of anilines is 1. The lowest BCUT2D eigenvalue weighted by Crippen LogP contribution is -2.59. The second-order valence-electron chi connectivity index (χ2n) is 8.38. The number of nitriles is 1. The number of hydrogen-bond acceptors (Lipinski definition) is 5. The van der Waals surface area contributed by atoms with Crippen molar-refractivity contribution in [2.45, 2.75) is 33.7 Å². The van der Waals surface area contributed by atoms with Gasteiger partial charge in [0.1, 0.15) is 5.52 Å². The Balaban J connectivity index is 1.62. The van der Waals surface area contributed by atoms with Crippen LogP contribution >= 0.6 is 0 Å². The average molecular weight is 417 g/mol. The molecule has 1 unspecified atom stereocenters. The topological polar surface area (TPSA) is 80.7 Å². The number of aryl methyl sites for hydroxylation is 2. The minimum absolute atomic E-state index is 0.147. The zero-order valence-electron chi connectivity index (χ0n) is 18.5. The van der Waals surface area contributed by atoms with E-state index in [0.717, 1.165) is 41.0 Å². The number of benzene rings is 2. The van der Waals surface area contributed by atoms with E-state index in [1.54, 1.807) is 0 Å². The maximum atomic E-state index is 9.37. The predicted octanol–water partition coefficient (Wildman–Crippen LogP) is 4.35. The van der Waals surface area contributed by atoms with Gasteiger partial charge in [-0.05, 0) is 49.1 Å². The van der Waals surface area contributed by atoms with Gasteiger partial charge in [0.15, 0.2) is 11.8 Å². The first-order valence-electron chi connectivity index (χ1n) is 10.6. The number of nitrogens with zero attached hydrogens (tertiary/aromatic N) is 5. The van der Waals surface area contributed by atoms with Crippen LogP contribution in [0.3, 0.4) is 0 Å². The van der Waals surface area contributed by atoms with Crippen molar-refractivity contribution in [2.75, 3.05) is 24.5 Å². The largest absolute Gasteiger partial charge is 0.423 e. The summed E-state index contributed by atoms with van der Waals surface area (Å²) in [5.74, 6) is 0.931. The van der Waals surface area contributed by atoms with Crippen LogP contribution in [0.1, 0.15) is 25.0 Å². The van der Waals surface area contributed by atoms with Crippen molar-refractivity contribution in [1.29, 1.82) is 5.26 Å². The molecule has 1 saturated heterocycles. The number of hydrogen-bond donors (Lipinski definition) is 1.